The average Bonchev–Trinajstić information content (AvgIpc) is 2.46. The smallest absolute Gasteiger partial charge is 0.410 e. The molecule has 1 saturated heterocycles. The van der Waals surface area contributed by atoms with Gasteiger partial charge in [0, 0.05) is 31.0 Å². The van der Waals surface area contributed by atoms with Gasteiger partial charge in [-0.2, -0.15) is 0 Å². The normalized spacial score (nSPS) is 18.4. The van der Waals surface area contributed by atoms with Gasteiger partial charge in [0.25, 0.3) is 0 Å². The molecular weight excluding hydrogens is 318 g/mol. The summed E-state index contributed by atoms with van der Waals surface area (Å²) in [5.41, 5.74) is 0.570. The highest BCUT2D eigenvalue weighted by molar-refractivity contribution is 6.29. The van der Waals surface area contributed by atoms with E-state index in [1.807, 2.05) is 20.8 Å². The number of piperidine rings is 1. The lowest BCUT2D eigenvalue weighted by atomic mass is 10.1. The van der Waals surface area contributed by atoms with E-state index in [0.29, 0.717) is 29.5 Å². The molecule has 7 heteroatoms. The molecule has 0 saturated carbocycles. The van der Waals surface area contributed by atoms with Crippen molar-refractivity contribution in [2.75, 3.05) is 18.4 Å². The number of nitrogens with zero attached hydrogens (tertiary/aromatic N) is 2. The fourth-order valence-corrected chi connectivity index (χ4v) is 2.62. The molecule has 0 aromatic carbocycles. The van der Waals surface area contributed by atoms with Crippen LogP contribution in [0.4, 0.5) is 10.5 Å². The van der Waals surface area contributed by atoms with E-state index in [1.165, 1.54) is 6.20 Å². The standard InChI is InChI=1S/C16H22ClN3O3/c1-16(2,3)23-15(22)20-6-4-5-12(9-20)19-13-7-14(17)18-8-11(13)10-21/h7-8,10,12H,4-6,9H2,1-3H3,(H,18,19)/t12-/m0/s1. The predicted molar refractivity (Wildman–Crippen MR) is 89.1 cm³/mol. The predicted octanol–water partition coefficient (Wildman–Crippen LogP) is 3.36. The van der Waals surface area contributed by atoms with Crippen molar-refractivity contribution in [3.63, 3.8) is 0 Å². The molecule has 1 atom stereocenters. The number of ether oxygens (including phenoxy) is 1. The first-order valence-corrected chi connectivity index (χ1v) is 8.01. The highest BCUT2D eigenvalue weighted by Crippen LogP contribution is 2.22. The van der Waals surface area contributed by atoms with Crippen molar-refractivity contribution in [1.82, 2.24) is 9.88 Å². The molecule has 0 unspecified atom stereocenters. The molecule has 1 aromatic rings. The van der Waals surface area contributed by atoms with Gasteiger partial charge in [0.05, 0.1) is 5.56 Å². The van der Waals surface area contributed by atoms with Gasteiger partial charge in [-0.05, 0) is 39.7 Å². The van der Waals surface area contributed by atoms with Gasteiger partial charge in [0.15, 0.2) is 6.29 Å². The zero-order chi connectivity index (χ0) is 17.0. The summed E-state index contributed by atoms with van der Waals surface area (Å²) in [5.74, 6) is 0. The Morgan fingerprint density at radius 3 is 2.91 bits per heavy atom. The van der Waals surface area contributed by atoms with Crippen molar-refractivity contribution in [1.29, 1.82) is 0 Å². The largest absolute Gasteiger partial charge is 0.444 e. The number of rotatable bonds is 3. The van der Waals surface area contributed by atoms with Crippen molar-refractivity contribution in [2.45, 2.75) is 45.3 Å². The van der Waals surface area contributed by atoms with Crippen LogP contribution in [0.15, 0.2) is 12.3 Å². The quantitative estimate of drug-likeness (QED) is 0.675. The Morgan fingerprint density at radius 1 is 1.52 bits per heavy atom. The van der Waals surface area contributed by atoms with E-state index in [1.54, 1.807) is 11.0 Å². The fourth-order valence-electron chi connectivity index (χ4n) is 2.47. The summed E-state index contributed by atoms with van der Waals surface area (Å²) in [6.07, 6.45) is 3.63. The minimum absolute atomic E-state index is 0.0356. The molecule has 0 aliphatic carbocycles. The molecule has 0 spiro atoms. The number of nitrogens with one attached hydrogen (secondary N) is 1. The van der Waals surface area contributed by atoms with Crippen LogP contribution in [0, 0.1) is 0 Å². The Balaban J connectivity index is 2.03. The van der Waals surface area contributed by atoms with Crippen LogP contribution in [0.2, 0.25) is 5.15 Å². The van der Waals surface area contributed by atoms with Crippen molar-refractivity contribution < 1.29 is 14.3 Å². The zero-order valence-electron chi connectivity index (χ0n) is 13.6. The van der Waals surface area contributed by atoms with Gasteiger partial charge in [-0.3, -0.25) is 4.79 Å². The van der Waals surface area contributed by atoms with Gasteiger partial charge in [-0.1, -0.05) is 11.6 Å². The van der Waals surface area contributed by atoms with E-state index < -0.39 is 5.60 Å². The molecular formula is C16H22ClN3O3. The number of aldehydes is 1. The number of pyridine rings is 1. The minimum atomic E-state index is -0.513. The maximum absolute atomic E-state index is 12.2. The number of likely N-dealkylation sites (tertiary alicyclic amines) is 1. The molecule has 1 aliphatic rings. The molecule has 6 nitrogen and oxygen atoms in total. The molecule has 1 fully saturated rings. The summed E-state index contributed by atoms with van der Waals surface area (Å²) in [4.78, 5) is 28.9. The van der Waals surface area contributed by atoms with E-state index in [-0.39, 0.29) is 12.1 Å². The van der Waals surface area contributed by atoms with Gasteiger partial charge in [0.2, 0.25) is 0 Å². The number of aromatic nitrogens is 1. The molecule has 126 valence electrons. The van der Waals surface area contributed by atoms with Crippen LogP contribution < -0.4 is 5.32 Å². The first-order chi connectivity index (χ1) is 10.8. The zero-order valence-corrected chi connectivity index (χ0v) is 14.4. The van der Waals surface area contributed by atoms with Crippen LogP contribution in [0.25, 0.3) is 0 Å². The highest BCUT2D eigenvalue weighted by Gasteiger charge is 2.27. The van der Waals surface area contributed by atoms with Crippen LogP contribution in [-0.4, -0.2) is 47.0 Å². The SMILES string of the molecule is CC(C)(C)OC(=O)N1CCC[C@H](Nc2cc(Cl)ncc2C=O)C1. The Hall–Kier alpha value is -1.82. The van der Waals surface area contributed by atoms with Crippen LogP contribution in [0.5, 0.6) is 0 Å². The second-order valence-corrected chi connectivity index (χ2v) is 7.01. The summed E-state index contributed by atoms with van der Waals surface area (Å²) >= 11 is 5.89. The summed E-state index contributed by atoms with van der Waals surface area (Å²) in [5, 5.41) is 3.60. The van der Waals surface area contributed by atoms with E-state index in [4.69, 9.17) is 16.3 Å². The van der Waals surface area contributed by atoms with E-state index in [2.05, 4.69) is 10.3 Å². The maximum atomic E-state index is 12.2. The number of hydrogen-bond acceptors (Lipinski definition) is 5. The van der Waals surface area contributed by atoms with Crippen molar-refractivity contribution >= 4 is 29.7 Å². The van der Waals surface area contributed by atoms with Crippen molar-refractivity contribution in [2.24, 2.45) is 0 Å². The second-order valence-electron chi connectivity index (χ2n) is 6.62. The topological polar surface area (TPSA) is 71.5 Å². The third-order valence-corrected chi connectivity index (χ3v) is 3.67. The van der Waals surface area contributed by atoms with E-state index in [0.717, 1.165) is 19.1 Å². The van der Waals surface area contributed by atoms with Gasteiger partial charge in [-0.25, -0.2) is 9.78 Å². The molecule has 0 bridgehead atoms. The first-order valence-electron chi connectivity index (χ1n) is 7.63. The summed E-state index contributed by atoms with van der Waals surface area (Å²) in [6.45, 7) is 6.73. The summed E-state index contributed by atoms with van der Waals surface area (Å²) in [6, 6.07) is 1.66. The minimum Gasteiger partial charge on any atom is -0.444 e. The van der Waals surface area contributed by atoms with Crippen LogP contribution in [0.1, 0.15) is 44.0 Å². The van der Waals surface area contributed by atoms with E-state index in [9.17, 15) is 9.59 Å². The number of carbonyl (C=O) groups excluding carboxylic acids is 2. The lowest BCUT2D eigenvalue weighted by Crippen LogP contribution is -2.47. The number of carbonyl (C=O) groups is 2. The molecule has 1 N–H and O–H groups in total. The second kappa shape index (κ2) is 7.17. The monoisotopic (exact) mass is 339 g/mol. The summed E-state index contributed by atoms with van der Waals surface area (Å²) in [7, 11) is 0. The van der Waals surface area contributed by atoms with Crippen LogP contribution in [0.3, 0.4) is 0 Å². The van der Waals surface area contributed by atoms with Gasteiger partial charge in [-0.15, -0.1) is 0 Å². The number of hydrogen-bond donors (Lipinski definition) is 1. The van der Waals surface area contributed by atoms with Crippen molar-refractivity contribution in [3.05, 3.63) is 23.0 Å². The van der Waals surface area contributed by atoms with Crippen LogP contribution >= 0.6 is 11.6 Å². The third-order valence-electron chi connectivity index (χ3n) is 3.46. The van der Waals surface area contributed by atoms with Crippen molar-refractivity contribution in [3.8, 4) is 0 Å². The Labute approximate surface area is 141 Å². The van der Waals surface area contributed by atoms with Gasteiger partial charge in [0.1, 0.15) is 10.8 Å². The fraction of sp³-hybridized carbons (Fsp3) is 0.562. The maximum Gasteiger partial charge on any atom is 0.410 e. The number of amides is 1. The average molecular weight is 340 g/mol. The highest BCUT2D eigenvalue weighted by atomic mass is 35.5. The molecule has 1 aliphatic heterocycles. The Morgan fingerprint density at radius 2 is 2.26 bits per heavy atom. The lowest BCUT2D eigenvalue weighted by molar-refractivity contribution is 0.0206. The summed E-state index contributed by atoms with van der Waals surface area (Å²) < 4.78 is 5.41. The molecule has 0 radical (unpaired) electrons. The molecule has 2 heterocycles. The molecule has 23 heavy (non-hydrogen) atoms. The number of anilines is 1. The van der Waals surface area contributed by atoms with Gasteiger partial charge >= 0.3 is 6.09 Å². The Bertz CT molecular complexity index is 586. The lowest BCUT2D eigenvalue weighted by Gasteiger charge is -2.35. The van der Waals surface area contributed by atoms with Crippen LogP contribution in [-0.2, 0) is 4.74 Å². The molecule has 1 aromatic heterocycles. The molecule has 1 amide bonds. The first kappa shape index (κ1) is 17.5. The van der Waals surface area contributed by atoms with Gasteiger partial charge < -0.3 is 15.0 Å². The number of halogens is 1. The third kappa shape index (κ3) is 5.10. The Kier molecular flexibility index (Phi) is 5.46. The molecule has 2 rings (SSSR count). The van der Waals surface area contributed by atoms with E-state index >= 15 is 0 Å².